The molecule has 1 aliphatic heterocycles. The van der Waals surface area contributed by atoms with E-state index in [1.165, 1.54) is 0 Å². The lowest BCUT2D eigenvalue weighted by atomic mass is 10.2. The Labute approximate surface area is 107 Å². The third-order valence-corrected chi connectivity index (χ3v) is 4.10. The second kappa shape index (κ2) is 5.96. The number of rotatable bonds is 3. The predicted octanol–water partition coefficient (Wildman–Crippen LogP) is 2.33. The lowest BCUT2D eigenvalue weighted by molar-refractivity contribution is 0.208. The van der Waals surface area contributed by atoms with Gasteiger partial charge < -0.3 is 10.2 Å². The highest BCUT2D eigenvalue weighted by Gasteiger charge is 2.24. The van der Waals surface area contributed by atoms with Crippen LogP contribution in [0.1, 0.15) is 12.0 Å². The normalized spacial score (nSPS) is 19.4. The fraction of sp³-hybridized carbons (Fsp3) is 0.462. The highest BCUT2D eigenvalue weighted by atomic mass is 32.2. The van der Waals surface area contributed by atoms with Gasteiger partial charge in [0.25, 0.3) is 0 Å². The third kappa shape index (κ3) is 3.40. The minimum Gasteiger partial charge on any atom is -0.334 e. The highest BCUT2D eigenvalue weighted by molar-refractivity contribution is 7.99. The molecule has 1 N–H and O–H groups in total. The molecule has 3 nitrogen and oxygen atoms in total. The van der Waals surface area contributed by atoms with Crippen molar-refractivity contribution in [1.29, 1.82) is 0 Å². The first-order chi connectivity index (χ1) is 8.29. The summed E-state index contributed by atoms with van der Waals surface area (Å²) in [6.07, 6.45) is 3.22. The van der Waals surface area contributed by atoms with E-state index < -0.39 is 0 Å². The van der Waals surface area contributed by atoms with Gasteiger partial charge in [0.2, 0.25) is 0 Å². The van der Waals surface area contributed by atoms with Crippen molar-refractivity contribution in [3.63, 3.8) is 0 Å². The minimum atomic E-state index is 0.0606. The zero-order valence-corrected chi connectivity index (χ0v) is 10.9. The number of urea groups is 1. The van der Waals surface area contributed by atoms with Crippen molar-refractivity contribution in [2.75, 3.05) is 19.3 Å². The molecule has 0 bridgehead atoms. The molecule has 1 aliphatic rings. The summed E-state index contributed by atoms with van der Waals surface area (Å²) in [4.78, 5) is 13.8. The molecule has 0 spiro atoms. The van der Waals surface area contributed by atoms with Gasteiger partial charge in [-0.15, -0.1) is 0 Å². The van der Waals surface area contributed by atoms with Gasteiger partial charge in [0.15, 0.2) is 0 Å². The summed E-state index contributed by atoms with van der Waals surface area (Å²) in [6.45, 7) is 2.37. The van der Waals surface area contributed by atoms with Gasteiger partial charge in [0, 0.05) is 24.9 Å². The first kappa shape index (κ1) is 12.3. The molecule has 1 unspecified atom stereocenters. The lowest BCUT2D eigenvalue weighted by Crippen LogP contribution is -2.38. The molecule has 2 amide bonds. The molecule has 0 radical (unpaired) electrons. The fourth-order valence-corrected chi connectivity index (χ4v) is 2.66. The second-order valence-electron chi connectivity index (χ2n) is 4.24. The zero-order valence-electron chi connectivity index (χ0n) is 10.1. The summed E-state index contributed by atoms with van der Waals surface area (Å²) < 4.78 is 0. The number of carbonyl (C=O) groups is 1. The first-order valence-electron chi connectivity index (χ1n) is 5.89. The average molecular weight is 250 g/mol. The summed E-state index contributed by atoms with van der Waals surface area (Å²) >= 11 is 1.85. The van der Waals surface area contributed by atoms with Gasteiger partial charge in [-0.25, -0.2) is 4.79 Å². The van der Waals surface area contributed by atoms with Crippen molar-refractivity contribution in [3.05, 3.63) is 35.9 Å². The third-order valence-electron chi connectivity index (χ3n) is 3.05. The monoisotopic (exact) mass is 250 g/mol. The molecule has 0 saturated carbocycles. The number of benzene rings is 1. The number of carbonyl (C=O) groups excluding carboxylic acids is 1. The molecule has 1 fully saturated rings. The molecule has 0 aromatic heterocycles. The van der Waals surface area contributed by atoms with Crippen molar-refractivity contribution >= 4 is 17.8 Å². The van der Waals surface area contributed by atoms with Crippen LogP contribution >= 0.6 is 11.8 Å². The second-order valence-corrected chi connectivity index (χ2v) is 5.37. The van der Waals surface area contributed by atoms with E-state index in [2.05, 4.69) is 11.6 Å². The van der Waals surface area contributed by atoms with E-state index in [1.807, 2.05) is 47.0 Å². The van der Waals surface area contributed by atoms with E-state index in [9.17, 15) is 4.79 Å². The Morgan fingerprint density at radius 3 is 2.88 bits per heavy atom. The van der Waals surface area contributed by atoms with E-state index >= 15 is 0 Å². The van der Waals surface area contributed by atoms with E-state index in [0.717, 1.165) is 25.1 Å². The maximum atomic E-state index is 11.9. The number of hydrogen-bond donors (Lipinski definition) is 1. The van der Waals surface area contributed by atoms with Crippen LogP contribution in [0.15, 0.2) is 30.3 Å². The quantitative estimate of drug-likeness (QED) is 0.893. The van der Waals surface area contributed by atoms with Crippen molar-refractivity contribution in [1.82, 2.24) is 10.2 Å². The molecule has 4 heteroatoms. The molecule has 17 heavy (non-hydrogen) atoms. The molecule has 1 atom stereocenters. The number of likely N-dealkylation sites (tertiary alicyclic amines) is 1. The van der Waals surface area contributed by atoms with Crippen molar-refractivity contribution in [2.24, 2.45) is 0 Å². The number of thioether (sulfide) groups is 1. The molecular formula is C13H18N2OS. The highest BCUT2D eigenvalue weighted by Crippen LogP contribution is 2.19. The summed E-state index contributed by atoms with van der Waals surface area (Å²) in [5, 5.41) is 3.57. The lowest BCUT2D eigenvalue weighted by Gasteiger charge is -2.17. The summed E-state index contributed by atoms with van der Waals surface area (Å²) in [7, 11) is 0. The summed E-state index contributed by atoms with van der Waals surface area (Å²) in [5.74, 6) is 0. The van der Waals surface area contributed by atoms with Crippen LogP contribution in [-0.2, 0) is 6.54 Å². The molecule has 1 aromatic rings. The maximum Gasteiger partial charge on any atom is 0.317 e. The summed E-state index contributed by atoms with van der Waals surface area (Å²) in [6, 6.07) is 10.1. The molecule has 1 saturated heterocycles. The van der Waals surface area contributed by atoms with Crippen LogP contribution in [0.4, 0.5) is 4.79 Å². The van der Waals surface area contributed by atoms with Crippen LogP contribution in [0.2, 0.25) is 0 Å². The number of hydrogen-bond acceptors (Lipinski definition) is 2. The average Bonchev–Trinajstić information content (AvgIpc) is 2.86. The zero-order chi connectivity index (χ0) is 12.1. The van der Waals surface area contributed by atoms with Crippen LogP contribution < -0.4 is 5.32 Å². The molecule has 0 aliphatic carbocycles. The molecule has 2 rings (SSSR count). The van der Waals surface area contributed by atoms with E-state index in [0.29, 0.717) is 11.8 Å². The van der Waals surface area contributed by atoms with Gasteiger partial charge in [-0.2, -0.15) is 11.8 Å². The fourth-order valence-electron chi connectivity index (χ4n) is 1.99. The number of nitrogens with zero attached hydrogens (tertiary/aromatic N) is 1. The SMILES string of the molecule is CSC1CCN(C(=O)NCc2ccccc2)C1. The molecule has 1 aromatic carbocycles. The molecule has 92 valence electrons. The van der Waals surface area contributed by atoms with Crippen LogP contribution in [-0.4, -0.2) is 35.5 Å². The van der Waals surface area contributed by atoms with Gasteiger partial charge in [0.05, 0.1) is 0 Å². The van der Waals surface area contributed by atoms with E-state index in [1.54, 1.807) is 0 Å². The number of amides is 2. The predicted molar refractivity (Wildman–Crippen MR) is 72.2 cm³/mol. The van der Waals surface area contributed by atoms with Gasteiger partial charge in [-0.05, 0) is 18.2 Å². The largest absolute Gasteiger partial charge is 0.334 e. The van der Waals surface area contributed by atoms with Gasteiger partial charge in [0.1, 0.15) is 0 Å². The van der Waals surface area contributed by atoms with Gasteiger partial charge in [-0.3, -0.25) is 0 Å². The smallest absolute Gasteiger partial charge is 0.317 e. The Kier molecular flexibility index (Phi) is 4.31. The summed E-state index contributed by atoms with van der Waals surface area (Å²) in [5.41, 5.74) is 1.14. The van der Waals surface area contributed by atoms with Crippen molar-refractivity contribution in [3.8, 4) is 0 Å². The van der Waals surface area contributed by atoms with Crippen molar-refractivity contribution in [2.45, 2.75) is 18.2 Å². The maximum absolute atomic E-state index is 11.9. The van der Waals surface area contributed by atoms with Crippen LogP contribution in [0.5, 0.6) is 0 Å². The Morgan fingerprint density at radius 1 is 1.47 bits per heavy atom. The molecular weight excluding hydrogens is 232 g/mol. The van der Waals surface area contributed by atoms with Crippen molar-refractivity contribution < 1.29 is 4.79 Å². The van der Waals surface area contributed by atoms with Crippen LogP contribution in [0.25, 0.3) is 0 Å². The van der Waals surface area contributed by atoms with Gasteiger partial charge >= 0.3 is 6.03 Å². The standard InChI is InChI=1S/C13H18N2OS/c1-17-12-7-8-15(10-12)13(16)14-9-11-5-3-2-4-6-11/h2-6,12H,7-10H2,1H3,(H,14,16). The van der Waals surface area contributed by atoms with Gasteiger partial charge in [-0.1, -0.05) is 30.3 Å². The first-order valence-corrected chi connectivity index (χ1v) is 7.18. The Morgan fingerprint density at radius 2 is 2.24 bits per heavy atom. The Hall–Kier alpha value is -1.16. The minimum absolute atomic E-state index is 0.0606. The molecule has 1 heterocycles. The Bertz CT molecular complexity index is 369. The number of nitrogens with one attached hydrogen (secondary N) is 1. The van der Waals surface area contributed by atoms with Crippen LogP contribution in [0.3, 0.4) is 0 Å². The van der Waals surface area contributed by atoms with E-state index in [4.69, 9.17) is 0 Å². The van der Waals surface area contributed by atoms with Crippen LogP contribution in [0, 0.1) is 0 Å². The van der Waals surface area contributed by atoms with E-state index in [-0.39, 0.29) is 6.03 Å². The topological polar surface area (TPSA) is 32.3 Å². The Balaban J connectivity index is 1.78.